The van der Waals surface area contributed by atoms with Gasteiger partial charge < -0.3 is 20.9 Å². The third-order valence-electron chi connectivity index (χ3n) is 2.97. The van der Waals surface area contributed by atoms with Crippen molar-refractivity contribution < 1.29 is 9.84 Å². The molecule has 1 aromatic rings. The Morgan fingerprint density at radius 2 is 2.16 bits per heavy atom. The maximum atomic E-state index is 10.2. The van der Waals surface area contributed by atoms with Gasteiger partial charge in [-0.3, -0.25) is 0 Å². The molecule has 1 atom stereocenters. The second kappa shape index (κ2) is 6.68. The van der Waals surface area contributed by atoms with Crippen LogP contribution in [0.3, 0.4) is 0 Å². The van der Waals surface area contributed by atoms with Crippen LogP contribution in [-0.4, -0.2) is 40.9 Å². The molecule has 1 heterocycles. The molecule has 0 spiro atoms. The number of anilines is 2. The molecule has 19 heavy (non-hydrogen) atoms. The van der Waals surface area contributed by atoms with E-state index in [1.165, 1.54) is 6.33 Å². The molecule has 0 radical (unpaired) electrons. The van der Waals surface area contributed by atoms with Gasteiger partial charge in [-0.25, -0.2) is 9.97 Å². The maximum absolute atomic E-state index is 10.2. The number of nitrogens with zero attached hydrogens (tertiary/aromatic N) is 2. The van der Waals surface area contributed by atoms with Gasteiger partial charge in [-0.15, -0.1) is 0 Å². The standard InChI is InChI=1S/C13H24N4O2/c1-9(2)10-11(14)16-8-17-12(10)15-7-13(3,18)5-6-19-4/h8-9,18H,5-7H2,1-4H3,(H3,14,15,16,17). The molecular formula is C13H24N4O2. The molecule has 1 rings (SSSR count). The number of aliphatic hydroxyl groups is 1. The van der Waals surface area contributed by atoms with E-state index in [4.69, 9.17) is 10.5 Å². The number of hydrogen-bond donors (Lipinski definition) is 3. The Labute approximate surface area is 114 Å². The Balaban J connectivity index is 2.75. The van der Waals surface area contributed by atoms with Crippen molar-refractivity contribution in [3.63, 3.8) is 0 Å². The van der Waals surface area contributed by atoms with E-state index in [-0.39, 0.29) is 5.92 Å². The summed E-state index contributed by atoms with van der Waals surface area (Å²) in [6.07, 6.45) is 1.97. The predicted octanol–water partition coefficient (Wildman–Crippen LogP) is 1.38. The summed E-state index contributed by atoms with van der Waals surface area (Å²) in [4.78, 5) is 8.20. The first-order chi connectivity index (χ1) is 8.87. The Bertz CT molecular complexity index is 408. The van der Waals surface area contributed by atoms with Crippen molar-refractivity contribution >= 4 is 11.6 Å². The van der Waals surface area contributed by atoms with E-state index in [1.807, 2.05) is 13.8 Å². The largest absolute Gasteiger partial charge is 0.388 e. The molecule has 0 saturated heterocycles. The first-order valence-corrected chi connectivity index (χ1v) is 6.43. The lowest BCUT2D eigenvalue weighted by molar-refractivity contribution is 0.0357. The monoisotopic (exact) mass is 268 g/mol. The predicted molar refractivity (Wildman–Crippen MR) is 76.1 cm³/mol. The van der Waals surface area contributed by atoms with E-state index in [0.29, 0.717) is 31.2 Å². The number of nitrogens with two attached hydrogens (primary N) is 1. The van der Waals surface area contributed by atoms with Crippen LogP contribution in [0.5, 0.6) is 0 Å². The Morgan fingerprint density at radius 3 is 2.74 bits per heavy atom. The molecule has 1 unspecified atom stereocenters. The summed E-state index contributed by atoms with van der Waals surface area (Å²) in [5.74, 6) is 1.37. The lowest BCUT2D eigenvalue weighted by Crippen LogP contribution is -2.35. The van der Waals surface area contributed by atoms with E-state index in [9.17, 15) is 5.11 Å². The highest BCUT2D eigenvalue weighted by Gasteiger charge is 2.21. The molecule has 6 nitrogen and oxygen atoms in total. The van der Waals surface area contributed by atoms with Crippen molar-refractivity contribution in [1.82, 2.24) is 9.97 Å². The van der Waals surface area contributed by atoms with E-state index in [2.05, 4.69) is 15.3 Å². The number of nitrogens with one attached hydrogen (secondary N) is 1. The lowest BCUT2D eigenvalue weighted by atomic mass is 10.0. The van der Waals surface area contributed by atoms with E-state index >= 15 is 0 Å². The van der Waals surface area contributed by atoms with Gasteiger partial charge in [0.2, 0.25) is 0 Å². The zero-order chi connectivity index (χ0) is 14.5. The summed E-state index contributed by atoms with van der Waals surface area (Å²) >= 11 is 0. The molecule has 1 aromatic heterocycles. The zero-order valence-electron chi connectivity index (χ0n) is 12.1. The van der Waals surface area contributed by atoms with Crippen molar-refractivity contribution in [3.05, 3.63) is 11.9 Å². The van der Waals surface area contributed by atoms with Crippen LogP contribution in [0, 0.1) is 0 Å². The molecule has 0 saturated carbocycles. The number of methoxy groups -OCH3 is 1. The van der Waals surface area contributed by atoms with Crippen molar-refractivity contribution in [2.24, 2.45) is 0 Å². The minimum atomic E-state index is -0.857. The lowest BCUT2D eigenvalue weighted by Gasteiger charge is -2.24. The number of nitrogen functional groups attached to an aromatic ring is 1. The minimum absolute atomic E-state index is 0.215. The van der Waals surface area contributed by atoms with Crippen LogP contribution in [0.1, 0.15) is 38.7 Å². The normalized spacial score (nSPS) is 14.4. The van der Waals surface area contributed by atoms with Gasteiger partial charge in [-0.2, -0.15) is 0 Å². The fourth-order valence-electron chi connectivity index (χ4n) is 1.80. The highest BCUT2D eigenvalue weighted by atomic mass is 16.5. The summed E-state index contributed by atoms with van der Waals surface area (Å²) in [5.41, 5.74) is 5.89. The Kier molecular flexibility index (Phi) is 5.50. The van der Waals surface area contributed by atoms with Gasteiger partial charge in [0.05, 0.1) is 5.60 Å². The van der Waals surface area contributed by atoms with Gasteiger partial charge in [0.15, 0.2) is 0 Å². The molecular weight excluding hydrogens is 244 g/mol. The second-order valence-corrected chi connectivity index (χ2v) is 5.27. The summed E-state index contributed by atoms with van der Waals surface area (Å²) in [6, 6.07) is 0. The van der Waals surface area contributed by atoms with Crippen LogP contribution in [0.2, 0.25) is 0 Å². The second-order valence-electron chi connectivity index (χ2n) is 5.27. The van der Waals surface area contributed by atoms with E-state index in [0.717, 1.165) is 5.56 Å². The average molecular weight is 268 g/mol. The smallest absolute Gasteiger partial charge is 0.135 e. The highest BCUT2D eigenvalue weighted by Crippen LogP contribution is 2.26. The first-order valence-electron chi connectivity index (χ1n) is 6.43. The Morgan fingerprint density at radius 1 is 1.47 bits per heavy atom. The van der Waals surface area contributed by atoms with Gasteiger partial charge in [0.1, 0.15) is 18.0 Å². The minimum Gasteiger partial charge on any atom is -0.388 e. The molecule has 0 fully saturated rings. The van der Waals surface area contributed by atoms with Crippen molar-refractivity contribution in [2.75, 3.05) is 31.3 Å². The van der Waals surface area contributed by atoms with Crippen LogP contribution >= 0.6 is 0 Å². The van der Waals surface area contributed by atoms with Crippen LogP contribution in [0.15, 0.2) is 6.33 Å². The van der Waals surface area contributed by atoms with Crippen LogP contribution in [-0.2, 0) is 4.74 Å². The summed E-state index contributed by atoms with van der Waals surface area (Å²) < 4.78 is 4.98. The third kappa shape index (κ3) is 4.65. The topological polar surface area (TPSA) is 93.3 Å². The van der Waals surface area contributed by atoms with Gasteiger partial charge in [0, 0.05) is 32.2 Å². The summed E-state index contributed by atoms with van der Waals surface area (Å²) in [7, 11) is 1.62. The van der Waals surface area contributed by atoms with Crippen LogP contribution in [0.4, 0.5) is 11.6 Å². The fourth-order valence-corrected chi connectivity index (χ4v) is 1.80. The van der Waals surface area contributed by atoms with Crippen molar-refractivity contribution in [1.29, 1.82) is 0 Å². The molecule has 0 amide bonds. The van der Waals surface area contributed by atoms with Gasteiger partial charge in [0.25, 0.3) is 0 Å². The number of hydrogen-bond acceptors (Lipinski definition) is 6. The van der Waals surface area contributed by atoms with Crippen molar-refractivity contribution in [2.45, 2.75) is 38.7 Å². The highest BCUT2D eigenvalue weighted by molar-refractivity contribution is 5.56. The van der Waals surface area contributed by atoms with Crippen LogP contribution in [0.25, 0.3) is 0 Å². The molecule has 108 valence electrons. The Hall–Kier alpha value is -1.40. The average Bonchev–Trinajstić information content (AvgIpc) is 2.33. The molecule has 0 aliphatic carbocycles. The summed E-state index contributed by atoms with van der Waals surface area (Å²) in [5, 5.41) is 13.3. The molecule has 0 aromatic carbocycles. The van der Waals surface area contributed by atoms with Gasteiger partial charge >= 0.3 is 0 Å². The number of ether oxygens (including phenoxy) is 1. The van der Waals surface area contributed by atoms with Crippen molar-refractivity contribution in [3.8, 4) is 0 Å². The van der Waals surface area contributed by atoms with Crippen LogP contribution < -0.4 is 11.1 Å². The third-order valence-corrected chi connectivity index (χ3v) is 2.97. The number of aromatic nitrogens is 2. The number of rotatable bonds is 7. The quantitative estimate of drug-likeness (QED) is 0.692. The molecule has 6 heteroatoms. The molecule has 4 N–H and O–H groups in total. The SMILES string of the molecule is COCCC(C)(O)CNc1ncnc(N)c1C(C)C. The fraction of sp³-hybridized carbons (Fsp3) is 0.692. The van der Waals surface area contributed by atoms with Gasteiger partial charge in [-0.05, 0) is 12.8 Å². The maximum Gasteiger partial charge on any atom is 0.135 e. The van der Waals surface area contributed by atoms with E-state index in [1.54, 1.807) is 14.0 Å². The molecule has 0 bridgehead atoms. The van der Waals surface area contributed by atoms with Gasteiger partial charge in [-0.1, -0.05) is 13.8 Å². The summed E-state index contributed by atoms with van der Waals surface area (Å²) in [6.45, 7) is 6.72. The van der Waals surface area contributed by atoms with E-state index < -0.39 is 5.60 Å². The zero-order valence-corrected chi connectivity index (χ0v) is 12.1. The first kappa shape index (κ1) is 15.7. The molecule has 0 aliphatic rings. The molecule has 0 aliphatic heterocycles.